The van der Waals surface area contributed by atoms with Crippen LogP contribution in [0.15, 0.2) is 0 Å². The van der Waals surface area contributed by atoms with E-state index in [9.17, 15) is 4.79 Å². The number of hydrogen-bond donors (Lipinski definition) is 1. The molecule has 1 amide bonds. The van der Waals surface area contributed by atoms with Crippen molar-refractivity contribution in [3.05, 3.63) is 0 Å². The molecule has 0 aromatic carbocycles. The fraction of sp³-hybridized carbons (Fsp3) is 0.923. The summed E-state index contributed by atoms with van der Waals surface area (Å²) in [6.07, 6.45) is 1.12. The second kappa shape index (κ2) is 6.89. The zero-order chi connectivity index (χ0) is 12.8. The van der Waals surface area contributed by atoms with Crippen LogP contribution >= 0.6 is 0 Å². The molecular weight excluding hydrogens is 200 g/mol. The van der Waals surface area contributed by atoms with Gasteiger partial charge in [-0.3, -0.25) is 4.79 Å². The number of likely N-dealkylation sites (N-methyl/N-ethyl adjacent to an activating group) is 1. The lowest BCUT2D eigenvalue weighted by atomic mass is 10.1. The highest BCUT2D eigenvalue weighted by atomic mass is 16.2. The fourth-order valence-electron chi connectivity index (χ4n) is 1.37. The smallest absolute Gasteiger partial charge is 0.236 e. The van der Waals surface area contributed by atoms with Gasteiger partial charge < -0.3 is 10.2 Å². The third kappa shape index (κ3) is 6.83. The second-order valence-corrected chi connectivity index (χ2v) is 5.55. The first-order valence-corrected chi connectivity index (χ1v) is 6.33. The number of rotatable bonds is 6. The number of nitrogens with one attached hydrogen (secondary N) is 1. The molecule has 0 radical (unpaired) electrons. The summed E-state index contributed by atoms with van der Waals surface area (Å²) in [5.74, 6) is 0.788. The first-order chi connectivity index (χ1) is 7.30. The summed E-state index contributed by atoms with van der Waals surface area (Å²) in [4.78, 5) is 13.9. The molecule has 1 N–H and O–H groups in total. The van der Waals surface area contributed by atoms with Crippen LogP contribution in [0.1, 0.15) is 48.0 Å². The van der Waals surface area contributed by atoms with E-state index < -0.39 is 0 Å². The molecule has 1 unspecified atom stereocenters. The van der Waals surface area contributed by atoms with E-state index in [0.717, 1.165) is 19.5 Å². The average Bonchev–Trinajstić information content (AvgIpc) is 2.21. The number of carbonyl (C=O) groups is 1. The third-order valence-corrected chi connectivity index (χ3v) is 2.73. The number of carbonyl (C=O) groups excluding carboxylic acids is 1. The van der Waals surface area contributed by atoms with E-state index in [0.29, 0.717) is 12.5 Å². The average molecular weight is 228 g/mol. The van der Waals surface area contributed by atoms with Crippen molar-refractivity contribution in [1.29, 1.82) is 0 Å². The second-order valence-electron chi connectivity index (χ2n) is 5.55. The summed E-state index contributed by atoms with van der Waals surface area (Å²) >= 11 is 0. The van der Waals surface area contributed by atoms with E-state index in [-0.39, 0.29) is 11.4 Å². The summed E-state index contributed by atoms with van der Waals surface area (Å²) in [6.45, 7) is 14.7. The molecule has 0 aliphatic heterocycles. The summed E-state index contributed by atoms with van der Waals surface area (Å²) in [7, 11) is 0. The van der Waals surface area contributed by atoms with Crippen LogP contribution in [0.25, 0.3) is 0 Å². The van der Waals surface area contributed by atoms with Crippen LogP contribution in [0, 0.1) is 5.92 Å². The fourth-order valence-corrected chi connectivity index (χ4v) is 1.37. The molecule has 96 valence electrons. The first-order valence-electron chi connectivity index (χ1n) is 6.33. The topological polar surface area (TPSA) is 32.3 Å². The van der Waals surface area contributed by atoms with E-state index in [4.69, 9.17) is 0 Å². The van der Waals surface area contributed by atoms with Gasteiger partial charge in [0.25, 0.3) is 0 Å². The molecule has 0 aromatic heterocycles. The Morgan fingerprint density at radius 2 is 1.88 bits per heavy atom. The summed E-state index contributed by atoms with van der Waals surface area (Å²) in [6, 6.07) is 0. The molecule has 0 bridgehead atoms. The van der Waals surface area contributed by atoms with Gasteiger partial charge in [0.15, 0.2) is 0 Å². The zero-order valence-electron chi connectivity index (χ0n) is 11.8. The molecule has 0 heterocycles. The van der Waals surface area contributed by atoms with Crippen LogP contribution < -0.4 is 5.32 Å². The number of nitrogens with zero attached hydrogens (tertiary/aromatic N) is 1. The van der Waals surface area contributed by atoms with Gasteiger partial charge in [-0.2, -0.15) is 0 Å². The summed E-state index contributed by atoms with van der Waals surface area (Å²) < 4.78 is 0. The Morgan fingerprint density at radius 1 is 1.31 bits per heavy atom. The summed E-state index contributed by atoms with van der Waals surface area (Å²) in [5, 5.41) is 3.24. The lowest BCUT2D eigenvalue weighted by Gasteiger charge is -2.27. The molecule has 1 atom stereocenters. The zero-order valence-corrected chi connectivity index (χ0v) is 11.8. The molecule has 0 saturated carbocycles. The van der Waals surface area contributed by atoms with Crippen LogP contribution in [0.2, 0.25) is 0 Å². The molecule has 3 heteroatoms. The van der Waals surface area contributed by atoms with Crippen LogP contribution in [0.5, 0.6) is 0 Å². The highest BCUT2D eigenvalue weighted by Gasteiger charge is 2.16. The maximum absolute atomic E-state index is 11.9. The van der Waals surface area contributed by atoms with Crippen LogP contribution in [-0.4, -0.2) is 36.0 Å². The van der Waals surface area contributed by atoms with Gasteiger partial charge in [0.05, 0.1) is 6.54 Å². The molecule has 0 aliphatic rings. The minimum atomic E-state index is 0.00540. The predicted molar refractivity (Wildman–Crippen MR) is 69.5 cm³/mol. The molecule has 0 fully saturated rings. The maximum atomic E-state index is 11.9. The summed E-state index contributed by atoms with van der Waals surface area (Å²) in [5.41, 5.74) is 0.00540. The lowest BCUT2D eigenvalue weighted by molar-refractivity contribution is -0.130. The molecule has 0 aromatic rings. The van der Waals surface area contributed by atoms with E-state index in [1.54, 1.807) is 0 Å². The predicted octanol–water partition coefficient (Wildman–Crippen LogP) is 2.27. The van der Waals surface area contributed by atoms with E-state index in [1.807, 2.05) is 11.8 Å². The largest absolute Gasteiger partial charge is 0.342 e. The Labute approximate surface area is 101 Å². The quantitative estimate of drug-likeness (QED) is 0.756. The van der Waals surface area contributed by atoms with Crippen LogP contribution in [0.3, 0.4) is 0 Å². The third-order valence-electron chi connectivity index (χ3n) is 2.73. The van der Waals surface area contributed by atoms with Gasteiger partial charge in [-0.1, -0.05) is 20.3 Å². The Kier molecular flexibility index (Phi) is 6.65. The monoisotopic (exact) mass is 228 g/mol. The van der Waals surface area contributed by atoms with Crippen molar-refractivity contribution in [2.75, 3.05) is 19.6 Å². The normalized spacial score (nSPS) is 13.6. The first kappa shape index (κ1) is 15.4. The van der Waals surface area contributed by atoms with Crippen molar-refractivity contribution < 1.29 is 4.79 Å². The Bertz CT molecular complexity index is 208. The minimum absolute atomic E-state index is 0.00540. The van der Waals surface area contributed by atoms with E-state index >= 15 is 0 Å². The van der Waals surface area contributed by atoms with Crippen LogP contribution in [0.4, 0.5) is 0 Å². The number of hydrogen-bond acceptors (Lipinski definition) is 2. The molecule has 0 saturated heterocycles. The van der Waals surface area contributed by atoms with Gasteiger partial charge in [-0.05, 0) is 33.6 Å². The maximum Gasteiger partial charge on any atom is 0.236 e. The van der Waals surface area contributed by atoms with Gasteiger partial charge in [-0.25, -0.2) is 0 Å². The van der Waals surface area contributed by atoms with Gasteiger partial charge in [-0.15, -0.1) is 0 Å². The van der Waals surface area contributed by atoms with Gasteiger partial charge in [0.1, 0.15) is 0 Å². The number of amides is 1. The SMILES string of the molecule is CCC(C)CN(CC)C(=O)CNC(C)(C)C. The molecule has 3 nitrogen and oxygen atoms in total. The van der Waals surface area contributed by atoms with Crippen molar-refractivity contribution in [3.63, 3.8) is 0 Å². The van der Waals surface area contributed by atoms with Crippen molar-refractivity contribution in [2.24, 2.45) is 5.92 Å². The highest BCUT2D eigenvalue weighted by molar-refractivity contribution is 5.78. The van der Waals surface area contributed by atoms with Crippen molar-refractivity contribution in [1.82, 2.24) is 10.2 Å². The van der Waals surface area contributed by atoms with Gasteiger partial charge >= 0.3 is 0 Å². The van der Waals surface area contributed by atoms with Crippen molar-refractivity contribution in [2.45, 2.75) is 53.5 Å². The lowest BCUT2D eigenvalue weighted by Crippen LogP contribution is -2.45. The van der Waals surface area contributed by atoms with Crippen molar-refractivity contribution in [3.8, 4) is 0 Å². The van der Waals surface area contributed by atoms with Gasteiger partial charge in [0, 0.05) is 18.6 Å². The highest BCUT2D eigenvalue weighted by Crippen LogP contribution is 2.05. The van der Waals surface area contributed by atoms with Gasteiger partial charge in [0.2, 0.25) is 5.91 Å². The Balaban J connectivity index is 4.11. The molecule has 0 aliphatic carbocycles. The van der Waals surface area contributed by atoms with Crippen LogP contribution in [-0.2, 0) is 4.79 Å². The van der Waals surface area contributed by atoms with E-state index in [1.165, 1.54) is 0 Å². The molecule has 0 spiro atoms. The minimum Gasteiger partial charge on any atom is -0.342 e. The van der Waals surface area contributed by atoms with E-state index in [2.05, 4.69) is 39.9 Å². The Hall–Kier alpha value is -0.570. The molecular formula is C13H28N2O. The van der Waals surface area contributed by atoms with Crippen molar-refractivity contribution >= 4 is 5.91 Å². The molecule has 0 rings (SSSR count). The standard InChI is InChI=1S/C13H28N2O/c1-7-11(3)10-15(8-2)12(16)9-14-13(4,5)6/h11,14H,7-10H2,1-6H3. The molecule has 16 heavy (non-hydrogen) atoms. The Morgan fingerprint density at radius 3 is 2.25 bits per heavy atom.